The largest absolute Gasteiger partial charge is 0.314 e. The third kappa shape index (κ3) is 1.83. The third-order valence-corrected chi connectivity index (χ3v) is 1.62. The van der Waals surface area contributed by atoms with E-state index in [0.29, 0.717) is 0 Å². The summed E-state index contributed by atoms with van der Waals surface area (Å²) in [6.45, 7) is 2.03. The van der Waals surface area contributed by atoms with Crippen LogP contribution in [-0.2, 0) is 0 Å². The van der Waals surface area contributed by atoms with E-state index < -0.39 is 0 Å². The van der Waals surface area contributed by atoms with Gasteiger partial charge in [-0.15, -0.1) is 6.42 Å². The van der Waals surface area contributed by atoms with Gasteiger partial charge < -0.3 is 5.73 Å². The Kier molecular flexibility index (Phi) is 2.30. The van der Waals surface area contributed by atoms with Crippen molar-refractivity contribution in [1.82, 2.24) is 0 Å². The molecule has 1 aromatic rings. The second-order valence-electron chi connectivity index (χ2n) is 2.56. The summed E-state index contributed by atoms with van der Waals surface area (Å²) in [6, 6.07) is 7.66. The van der Waals surface area contributed by atoms with Gasteiger partial charge in [0, 0.05) is 0 Å². The number of hydrogen-bond acceptors (Lipinski definition) is 1. The molecule has 0 bridgehead atoms. The number of aryl methyl sites for hydroxylation is 1. The molecule has 0 saturated heterocycles. The predicted octanol–water partition coefficient (Wildman–Crippen LogP) is 1.63. The van der Waals surface area contributed by atoms with Gasteiger partial charge in [0.2, 0.25) is 0 Å². The first-order valence-electron chi connectivity index (χ1n) is 3.52. The van der Waals surface area contributed by atoms with E-state index in [1.807, 2.05) is 31.2 Å². The van der Waals surface area contributed by atoms with E-state index in [1.54, 1.807) is 0 Å². The first-order valence-corrected chi connectivity index (χ1v) is 3.52. The minimum atomic E-state index is -0.268. The van der Waals surface area contributed by atoms with Crippen LogP contribution in [0.1, 0.15) is 17.2 Å². The van der Waals surface area contributed by atoms with E-state index in [1.165, 1.54) is 5.56 Å². The molecule has 0 radical (unpaired) electrons. The molecule has 0 saturated carbocycles. The molecule has 0 aliphatic rings. The summed E-state index contributed by atoms with van der Waals surface area (Å²) in [5.74, 6) is 2.48. The number of hydrogen-bond donors (Lipinski definition) is 1. The maximum Gasteiger partial charge on any atom is 0.0918 e. The highest BCUT2D eigenvalue weighted by Crippen LogP contribution is 2.09. The standard InChI is InChI=1S/C10H11N/c1-3-10(11)9-6-4-8(2)5-7-9/h1,4-7,10H,11H2,2H3/t10-/m0/s1. The Balaban J connectivity index is 2.92. The molecule has 56 valence electrons. The van der Waals surface area contributed by atoms with Gasteiger partial charge in [-0.2, -0.15) is 0 Å². The smallest absolute Gasteiger partial charge is 0.0918 e. The van der Waals surface area contributed by atoms with Gasteiger partial charge in [-0.05, 0) is 12.5 Å². The van der Waals surface area contributed by atoms with Crippen LogP contribution in [0, 0.1) is 19.3 Å². The minimum absolute atomic E-state index is 0.268. The van der Waals surface area contributed by atoms with Gasteiger partial charge in [-0.1, -0.05) is 35.7 Å². The number of nitrogens with two attached hydrogens (primary N) is 1. The molecular formula is C10H11N. The van der Waals surface area contributed by atoms with Crippen LogP contribution < -0.4 is 5.73 Å². The van der Waals surface area contributed by atoms with Gasteiger partial charge in [0.1, 0.15) is 0 Å². The van der Waals surface area contributed by atoms with Crippen molar-refractivity contribution in [2.45, 2.75) is 13.0 Å². The highest BCUT2D eigenvalue weighted by Gasteiger charge is 1.98. The van der Waals surface area contributed by atoms with E-state index in [-0.39, 0.29) is 6.04 Å². The van der Waals surface area contributed by atoms with Gasteiger partial charge in [0.25, 0.3) is 0 Å². The van der Waals surface area contributed by atoms with Crippen molar-refractivity contribution >= 4 is 0 Å². The molecule has 11 heavy (non-hydrogen) atoms. The van der Waals surface area contributed by atoms with Crippen molar-refractivity contribution in [3.05, 3.63) is 35.4 Å². The molecule has 1 nitrogen and oxygen atoms in total. The number of benzene rings is 1. The van der Waals surface area contributed by atoms with Gasteiger partial charge in [0.15, 0.2) is 0 Å². The zero-order valence-electron chi connectivity index (χ0n) is 6.54. The second-order valence-corrected chi connectivity index (χ2v) is 2.56. The van der Waals surface area contributed by atoms with Crippen LogP contribution in [0.2, 0.25) is 0 Å². The van der Waals surface area contributed by atoms with Gasteiger partial charge in [0.05, 0.1) is 6.04 Å². The fourth-order valence-corrected chi connectivity index (χ4v) is 0.870. The molecule has 0 aliphatic heterocycles. The molecule has 0 aliphatic carbocycles. The van der Waals surface area contributed by atoms with Crippen molar-refractivity contribution in [3.63, 3.8) is 0 Å². The normalized spacial score (nSPS) is 12.1. The van der Waals surface area contributed by atoms with Crippen LogP contribution in [0.15, 0.2) is 24.3 Å². The van der Waals surface area contributed by atoms with Gasteiger partial charge >= 0.3 is 0 Å². The molecule has 0 spiro atoms. The molecule has 1 rings (SSSR count). The molecule has 0 unspecified atom stereocenters. The van der Waals surface area contributed by atoms with E-state index in [4.69, 9.17) is 12.2 Å². The van der Waals surface area contributed by atoms with Crippen LogP contribution in [0.4, 0.5) is 0 Å². The van der Waals surface area contributed by atoms with Crippen molar-refractivity contribution < 1.29 is 0 Å². The Labute approximate surface area is 67.2 Å². The monoisotopic (exact) mass is 145 g/mol. The zero-order valence-corrected chi connectivity index (χ0v) is 6.54. The maximum atomic E-state index is 5.61. The van der Waals surface area contributed by atoms with Crippen LogP contribution in [0.25, 0.3) is 0 Å². The summed E-state index contributed by atoms with van der Waals surface area (Å²) in [7, 11) is 0. The predicted molar refractivity (Wildman–Crippen MR) is 46.9 cm³/mol. The fraction of sp³-hybridized carbons (Fsp3) is 0.200. The van der Waals surface area contributed by atoms with Crippen LogP contribution in [0.3, 0.4) is 0 Å². The van der Waals surface area contributed by atoms with Crippen molar-refractivity contribution in [3.8, 4) is 12.3 Å². The highest BCUT2D eigenvalue weighted by atomic mass is 14.6. The van der Waals surface area contributed by atoms with Gasteiger partial charge in [-0.25, -0.2) is 0 Å². The first kappa shape index (κ1) is 7.84. The summed E-state index contributed by atoms with van der Waals surface area (Å²) in [5.41, 5.74) is 7.83. The van der Waals surface area contributed by atoms with E-state index in [2.05, 4.69) is 5.92 Å². The molecule has 1 atom stereocenters. The quantitative estimate of drug-likeness (QED) is 0.597. The SMILES string of the molecule is C#C[C@H](N)c1ccc(C)cc1. The Morgan fingerprint density at radius 3 is 2.36 bits per heavy atom. The zero-order chi connectivity index (χ0) is 8.27. The fourth-order valence-electron chi connectivity index (χ4n) is 0.870. The summed E-state index contributed by atoms with van der Waals surface area (Å²) < 4.78 is 0. The lowest BCUT2D eigenvalue weighted by Gasteiger charge is -2.03. The number of rotatable bonds is 1. The number of terminal acetylenes is 1. The molecular weight excluding hydrogens is 134 g/mol. The van der Waals surface area contributed by atoms with Crippen molar-refractivity contribution in [1.29, 1.82) is 0 Å². The molecule has 0 heterocycles. The lowest BCUT2D eigenvalue weighted by molar-refractivity contribution is 0.945. The highest BCUT2D eigenvalue weighted by molar-refractivity contribution is 5.28. The molecule has 2 N–H and O–H groups in total. The van der Waals surface area contributed by atoms with Crippen LogP contribution in [-0.4, -0.2) is 0 Å². The van der Waals surface area contributed by atoms with Crippen molar-refractivity contribution in [2.24, 2.45) is 5.73 Å². The average Bonchev–Trinajstić information content (AvgIpc) is 2.05. The molecule has 1 aromatic carbocycles. The van der Waals surface area contributed by atoms with E-state index in [9.17, 15) is 0 Å². The van der Waals surface area contributed by atoms with E-state index in [0.717, 1.165) is 5.56 Å². The molecule has 0 amide bonds. The summed E-state index contributed by atoms with van der Waals surface area (Å²) in [5, 5.41) is 0. The maximum absolute atomic E-state index is 5.61. The molecule has 0 fully saturated rings. The Morgan fingerprint density at radius 1 is 1.36 bits per heavy atom. The third-order valence-electron chi connectivity index (χ3n) is 1.62. The topological polar surface area (TPSA) is 26.0 Å². The second kappa shape index (κ2) is 3.23. The lowest BCUT2D eigenvalue weighted by atomic mass is 10.1. The van der Waals surface area contributed by atoms with Crippen LogP contribution >= 0.6 is 0 Å². The lowest BCUT2D eigenvalue weighted by Crippen LogP contribution is -2.06. The summed E-state index contributed by atoms with van der Waals surface area (Å²) in [4.78, 5) is 0. The molecule has 1 heteroatoms. The van der Waals surface area contributed by atoms with Crippen LogP contribution in [0.5, 0.6) is 0 Å². The average molecular weight is 145 g/mol. The summed E-state index contributed by atoms with van der Waals surface area (Å²) in [6.07, 6.45) is 5.17. The van der Waals surface area contributed by atoms with E-state index >= 15 is 0 Å². The van der Waals surface area contributed by atoms with Crippen molar-refractivity contribution in [2.75, 3.05) is 0 Å². The minimum Gasteiger partial charge on any atom is -0.314 e. The van der Waals surface area contributed by atoms with Gasteiger partial charge in [-0.3, -0.25) is 0 Å². The summed E-state index contributed by atoms with van der Waals surface area (Å²) >= 11 is 0. The Bertz CT molecular complexity index is 266. The Morgan fingerprint density at radius 2 is 1.91 bits per heavy atom. The molecule has 0 aromatic heterocycles. The first-order chi connectivity index (χ1) is 5.24. The Hall–Kier alpha value is -1.26.